The standard InChI is InChI=1S/C25H29N3O10/c1-24(37)10-5-4-6-13(29)15(10)19(32)16-11(24)7-12-18(28(2)3)20(33)17(22(35)25(12,38)21(16)34)23(36)27-9-26-8-14(30)31/h4-6,11-12,18,26,29,32,35,37-38H,7-9H2,1-3H3,(H,27,36)(H,30,31)/t11?,12-,18-,24+,25-/m0/s1. The van der Waals surface area contributed by atoms with E-state index >= 15 is 0 Å². The van der Waals surface area contributed by atoms with E-state index in [1.807, 2.05) is 0 Å². The second-order valence-electron chi connectivity index (χ2n) is 10.1. The minimum Gasteiger partial charge on any atom is -0.508 e. The van der Waals surface area contributed by atoms with Gasteiger partial charge in [0.15, 0.2) is 11.4 Å². The van der Waals surface area contributed by atoms with Crippen molar-refractivity contribution >= 4 is 29.2 Å². The number of aliphatic hydroxyl groups excluding tert-OH is 2. The Morgan fingerprint density at radius 2 is 1.79 bits per heavy atom. The summed E-state index contributed by atoms with van der Waals surface area (Å²) in [5, 5.41) is 69.2. The van der Waals surface area contributed by atoms with E-state index < -0.39 is 94.2 Å². The highest BCUT2D eigenvalue weighted by Crippen LogP contribution is 2.57. The Labute approximate surface area is 216 Å². The number of aromatic hydroxyl groups is 1. The van der Waals surface area contributed by atoms with Crippen molar-refractivity contribution in [1.82, 2.24) is 15.5 Å². The number of likely N-dealkylation sites (N-methyl/N-ethyl adjacent to an activating group) is 1. The van der Waals surface area contributed by atoms with Gasteiger partial charge in [0, 0.05) is 17.4 Å². The number of rotatable bonds is 6. The molecule has 3 aliphatic rings. The van der Waals surface area contributed by atoms with Crippen LogP contribution in [-0.4, -0.2) is 97.9 Å². The van der Waals surface area contributed by atoms with Crippen molar-refractivity contribution in [1.29, 1.82) is 0 Å². The van der Waals surface area contributed by atoms with Gasteiger partial charge in [-0.2, -0.15) is 0 Å². The summed E-state index contributed by atoms with van der Waals surface area (Å²) >= 11 is 0. The summed E-state index contributed by atoms with van der Waals surface area (Å²) in [5.74, 6) is -9.27. The Bertz CT molecular complexity index is 1310. The highest BCUT2D eigenvalue weighted by Gasteiger charge is 2.66. The molecule has 3 aliphatic carbocycles. The number of fused-ring (bicyclic) bond motifs is 3. The molecule has 0 heterocycles. The number of carboxylic acid groups (broad SMARTS) is 1. The molecule has 0 saturated heterocycles. The van der Waals surface area contributed by atoms with Crippen molar-refractivity contribution in [3.8, 4) is 5.75 Å². The summed E-state index contributed by atoms with van der Waals surface area (Å²) in [6, 6.07) is 2.88. The molecule has 8 N–H and O–H groups in total. The van der Waals surface area contributed by atoms with E-state index in [0.717, 1.165) is 0 Å². The van der Waals surface area contributed by atoms with Gasteiger partial charge < -0.3 is 36.0 Å². The molecule has 1 aromatic carbocycles. The van der Waals surface area contributed by atoms with Crippen molar-refractivity contribution in [2.24, 2.45) is 11.8 Å². The Kier molecular flexibility index (Phi) is 6.60. The SMILES string of the molecule is CN(C)[C@@H]1C(=O)C(C(=O)NCNCC(=O)O)=C(O)[C@@]2(O)C(=O)C3=C(O)c4c(O)cccc4[C@@](C)(O)C3C[C@@H]12. The largest absolute Gasteiger partial charge is 0.508 e. The van der Waals surface area contributed by atoms with Crippen LogP contribution in [0.2, 0.25) is 0 Å². The normalized spacial score (nSPS) is 30.6. The van der Waals surface area contributed by atoms with Crippen LogP contribution in [0, 0.1) is 11.8 Å². The highest BCUT2D eigenvalue weighted by atomic mass is 16.4. The average molecular weight is 532 g/mol. The summed E-state index contributed by atoms with van der Waals surface area (Å²) in [6.07, 6.45) is -0.253. The molecule has 4 rings (SSSR count). The van der Waals surface area contributed by atoms with Crippen LogP contribution in [0.3, 0.4) is 0 Å². The van der Waals surface area contributed by atoms with Gasteiger partial charge >= 0.3 is 5.97 Å². The molecule has 1 saturated carbocycles. The smallest absolute Gasteiger partial charge is 0.317 e. The first-order valence-corrected chi connectivity index (χ1v) is 11.8. The molecule has 13 nitrogen and oxygen atoms in total. The zero-order chi connectivity index (χ0) is 28.3. The number of Topliss-reactive ketones (excluding diaryl/α,β-unsaturated/α-hetero) is 2. The van der Waals surface area contributed by atoms with Gasteiger partial charge in [-0.25, -0.2) is 0 Å². The van der Waals surface area contributed by atoms with E-state index in [1.165, 1.54) is 44.1 Å². The second kappa shape index (κ2) is 9.20. The number of benzene rings is 1. The lowest BCUT2D eigenvalue weighted by atomic mass is 9.54. The third-order valence-electron chi connectivity index (χ3n) is 7.65. The van der Waals surface area contributed by atoms with Crippen LogP contribution in [0.5, 0.6) is 5.75 Å². The number of phenols is 1. The van der Waals surface area contributed by atoms with Gasteiger partial charge in [-0.15, -0.1) is 0 Å². The Morgan fingerprint density at radius 3 is 2.39 bits per heavy atom. The summed E-state index contributed by atoms with van der Waals surface area (Å²) in [5.41, 5.74) is -6.07. The van der Waals surface area contributed by atoms with E-state index in [9.17, 15) is 44.7 Å². The molecule has 1 aromatic rings. The van der Waals surface area contributed by atoms with Gasteiger partial charge in [0.25, 0.3) is 5.91 Å². The first-order chi connectivity index (χ1) is 17.7. The van der Waals surface area contributed by atoms with E-state index in [1.54, 1.807) is 0 Å². The summed E-state index contributed by atoms with van der Waals surface area (Å²) in [4.78, 5) is 52.4. The molecule has 0 spiro atoms. The van der Waals surface area contributed by atoms with Crippen LogP contribution < -0.4 is 10.6 Å². The first-order valence-electron chi connectivity index (χ1n) is 11.8. The Balaban J connectivity index is 1.87. The van der Waals surface area contributed by atoms with E-state index in [2.05, 4.69) is 10.6 Å². The fraction of sp³-hybridized carbons (Fsp3) is 0.440. The van der Waals surface area contributed by atoms with Crippen molar-refractivity contribution in [3.63, 3.8) is 0 Å². The maximum absolute atomic E-state index is 13.9. The molecule has 13 heteroatoms. The number of hydrogen-bond donors (Lipinski definition) is 8. The third-order valence-corrected chi connectivity index (χ3v) is 7.65. The number of nitrogens with zero attached hydrogens (tertiary/aromatic N) is 1. The number of phenolic OH excluding ortho intramolecular Hbond substituents is 1. The zero-order valence-corrected chi connectivity index (χ0v) is 20.8. The highest BCUT2D eigenvalue weighted by molar-refractivity contribution is 6.25. The molecule has 1 amide bonds. The number of hydrogen-bond acceptors (Lipinski definition) is 11. The quantitative estimate of drug-likeness (QED) is 0.125. The lowest BCUT2D eigenvalue weighted by Gasteiger charge is -2.53. The van der Waals surface area contributed by atoms with Gasteiger partial charge in [-0.05, 0) is 39.1 Å². The van der Waals surface area contributed by atoms with Gasteiger partial charge in [0.05, 0.1) is 30.4 Å². The van der Waals surface area contributed by atoms with Crippen LogP contribution in [0.25, 0.3) is 5.76 Å². The Hall–Kier alpha value is -3.78. The summed E-state index contributed by atoms with van der Waals surface area (Å²) in [6.45, 7) is 0.478. The van der Waals surface area contributed by atoms with Crippen LogP contribution in [0.4, 0.5) is 0 Å². The van der Waals surface area contributed by atoms with Crippen LogP contribution in [0.1, 0.15) is 24.5 Å². The van der Waals surface area contributed by atoms with Crippen molar-refractivity contribution in [2.75, 3.05) is 27.3 Å². The van der Waals surface area contributed by atoms with E-state index in [-0.39, 0.29) is 17.5 Å². The van der Waals surface area contributed by atoms with Gasteiger partial charge in [0.2, 0.25) is 5.78 Å². The van der Waals surface area contributed by atoms with Crippen molar-refractivity contribution in [3.05, 3.63) is 46.2 Å². The average Bonchev–Trinajstić information content (AvgIpc) is 2.82. The van der Waals surface area contributed by atoms with E-state index in [4.69, 9.17) is 5.11 Å². The number of carboxylic acids is 1. The molecular formula is C25H29N3O10. The molecule has 204 valence electrons. The number of amides is 1. The number of aliphatic hydroxyl groups is 4. The molecule has 0 radical (unpaired) electrons. The number of carbonyl (C=O) groups excluding carboxylic acids is 3. The van der Waals surface area contributed by atoms with Crippen LogP contribution in [-0.2, 0) is 24.8 Å². The van der Waals surface area contributed by atoms with Crippen molar-refractivity contribution in [2.45, 2.75) is 30.6 Å². The number of nitrogens with one attached hydrogen (secondary N) is 2. The number of carbonyl (C=O) groups is 4. The lowest BCUT2D eigenvalue weighted by Crippen LogP contribution is -2.67. The predicted octanol–water partition coefficient (Wildman–Crippen LogP) is -1.11. The number of ketones is 2. The summed E-state index contributed by atoms with van der Waals surface area (Å²) < 4.78 is 0. The monoisotopic (exact) mass is 531 g/mol. The Morgan fingerprint density at radius 1 is 1.13 bits per heavy atom. The van der Waals surface area contributed by atoms with Crippen LogP contribution >= 0.6 is 0 Å². The van der Waals surface area contributed by atoms with Gasteiger partial charge in [-0.1, -0.05) is 12.1 Å². The predicted molar refractivity (Wildman–Crippen MR) is 130 cm³/mol. The molecule has 1 fully saturated rings. The molecule has 1 unspecified atom stereocenters. The fourth-order valence-electron chi connectivity index (χ4n) is 5.88. The maximum Gasteiger partial charge on any atom is 0.317 e. The topological polar surface area (TPSA) is 217 Å². The number of aliphatic carboxylic acids is 1. The molecular weight excluding hydrogens is 502 g/mol. The van der Waals surface area contributed by atoms with Crippen LogP contribution in [0.15, 0.2) is 35.1 Å². The summed E-state index contributed by atoms with van der Waals surface area (Å²) in [7, 11) is 2.96. The van der Waals surface area contributed by atoms with E-state index in [0.29, 0.717) is 0 Å². The molecule has 5 atom stereocenters. The molecule has 0 aromatic heterocycles. The third kappa shape index (κ3) is 3.77. The van der Waals surface area contributed by atoms with Gasteiger partial charge in [-0.3, -0.25) is 29.4 Å². The molecule has 38 heavy (non-hydrogen) atoms. The molecule has 0 bridgehead atoms. The minimum atomic E-state index is -2.83. The fourth-order valence-corrected chi connectivity index (χ4v) is 5.88. The maximum atomic E-state index is 13.9. The first kappa shape index (κ1) is 27.3. The zero-order valence-electron chi connectivity index (χ0n) is 20.8. The second-order valence-corrected chi connectivity index (χ2v) is 10.1. The lowest BCUT2D eigenvalue weighted by molar-refractivity contribution is -0.159. The van der Waals surface area contributed by atoms with Gasteiger partial charge in [0.1, 0.15) is 22.8 Å². The minimum absolute atomic E-state index is 0.138. The molecule has 0 aliphatic heterocycles. The van der Waals surface area contributed by atoms with Crippen molar-refractivity contribution < 1.29 is 49.8 Å².